The molecule has 0 radical (unpaired) electrons. The van der Waals surface area contributed by atoms with E-state index in [1.54, 1.807) is 0 Å². The molecule has 0 saturated carbocycles. The standard InChI is InChI=1S/C19H16BrN/c1-13-6-8-15(9-7-13)18-4-3-5-19(21-18)17-11-10-16(20)12-14(17)2/h3-12H,1-2H3. The number of benzene rings is 2. The summed E-state index contributed by atoms with van der Waals surface area (Å²) in [5.74, 6) is 0. The van der Waals surface area contributed by atoms with E-state index in [2.05, 4.69) is 90.4 Å². The van der Waals surface area contributed by atoms with Crippen molar-refractivity contribution in [3.05, 3.63) is 76.3 Å². The summed E-state index contributed by atoms with van der Waals surface area (Å²) in [4.78, 5) is 4.82. The van der Waals surface area contributed by atoms with Crippen LogP contribution in [0.2, 0.25) is 0 Å². The zero-order valence-electron chi connectivity index (χ0n) is 12.1. The highest BCUT2D eigenvalue weighted by molar-refractivity contribution is 9.10. The molecule has 3 rings (SSSR count). The fourth-order valence-corrected chi connectivity index (χ4v) is 2.86. The van der Waals surface area contributed by atoms with Crippen molar-refractivity contribution in [2.24, 2.45) is 0 Å². The molecule has 2 heteroatoms. The fraction of sp³-hybridized carbons (Fsp3) is 0.105. The van der Waals surface area contributed by atoms with E-state index in [1.165, 1.54) is 16.7 Å². The van der Waals surface area contributed by atoms with Gasteiger partial charge in [0.05, 0.1) is 11.4 Å². The molecule has 21 heavy (non-hydrogen) atoms. The molecule has 1 aromatic heterocycles. The second-order valence-corrected chi connectivity index (χ2v) is 6.15. The lowest BCUT2D eigenvalue weighted by Gasteiger charge is -2.08. The van der Waals surface area contributed by atoms with E-state index < -0.39 is 0 Å². The van der Waals surface area contributed by atoms with E-state index in [0.29, 0.717) is 0 Å². The van der Waals surface area contributed by atoms with Gasteiger partial charge in [-0.15, -0.1) is 0 Å². The first-order valence-electron chi connectivity index (χ1n) is 6.94. The van der Waals surface area contributed by atoms with Gasteiger partial charge in [0.2, 0.25) is 0 Å². The van der Waals surface area contributed by atoms with E-state index >= 15 is 0 Å². The van der Waals surface area contributed by atoms with Gasteiger partial charge in [-0.2, -0.15) is 0 Å². The van der Waals surface area contributed by atoms with Crippen molar-refractivity contribution in [3.63, 3.8) is 0 Å². The number of aromatic nitrogens is 1. The topological polar surface area (TPSA) is 12.9 Å². The van der Waals surface area contributed by atoms with Crippen molar-refractivity contribution in [1.82, 2.24) is 4.98 Å². The van der Waals surface area contributed by atoms with Gasteiger partial charge in [-0.3, -0.25) is 0 Å². The average Bonchev–Trinajstić information content (AvgIpc) is 2.48. The maximum Gasteiger partial charge on any atom is 0.0712 e. The van der Waals surface area contributed by atoms with Crippen LogP contribution in [0.5, 0.6) is 0 Å². The third kappa shape index (κ3) is 3.06. The Morgan fingerprint density at radius 3 is 2.24 bits per heavy atom. The number of pyridine rings is 1. The molecule has 0 fully saturated rings. The maximum atomic E-state index is 4.82. The summed E-state index contributed by atoms with van der Waals surface area (Å²) in [5.41, 5.74) is 6.83. The molecule has 0 aliphatic heterocycles. The first kappa shape index (κ1) is 14.0. The normalized spacial score (nSPS) is 10.6. The first-order valence-corrected chi connectivity index (χ1v) is 7.73. The van der Waals surface area contributed by atoms with E-state index in [4.69, 9.17) is 4.98 Å². The van der Waals surface area contributed by atoms with Crippen molar-refractivity contribution in [1.29, 1.82) is 0 Å². The summed E-state index contributed by atoms with van der Waals surface area (Å²) in [7, 11) is 0. The molecular formula is C19H16BrN. The van der Waals surface area contributed by atoms with Crippen LogP contribution < -0.4 is 0 Å². The third-order valence-electron chi connectivity index (χ3n) is 3.56. The van der Waals surface area contributed by atoms with Gasteiger partial charge in [0, 0.05) is 15.6 Å². The van der Waals surface area contributed by atoms with Gasteiger partial charge in [-0.1, -0.05) is 57.9 Å². The summed E-state index contributed by atoms with van der Waals surface area (Å²) in [5, 5.41) is 0. The van der Waals surface area contributed by atoms with Crippen LogP contribution in [0, 0.1) is 13.8 Å². The number of rotatable bonds is 2. The van der Waals surface area contributed by atoms with Gasteiger partial charge >= 0.3 is 0 Å². The Hall–Kier alpha value is -1.93. The third-order valence-corrected chi connectivity index (χ3v) is 4.05. The van der Waals surface area contributed by atoms with Gasteiger partial charge in [-0.05, 0) is 43.7 Å². The lowest BCUT2D eigenvalue weighted by molar-refractivity contribution is 1.30. The SMILES string of the molecule is Cc1ccc(-c2cccc(-c3ccc(Br)cc3C)n2)cc1. The highest BCUT2D eigenvalue weighted by Crippen LogP contribution is 2.27. The summed E-state index contributed by atoms with van der Waals surface area (Å²) in [6, 6.07) is 21.0. The van der Waals surface area contributed by atoms with Crippen LogP contribution in [0.1, 0.15) is 11.1 Å². The van der Waals surface area contributed by atoms with Crippen molar-refractivity contribution < 1.29 is 0 Å². The van der Waals surface area contributed by atoms with Crippen LogP contribution in [-0.4, -0.2) is 4.98 Å². The summed E-state index contributed by atoms with van der Waals surface area (Å²) < 4.78 is 1.10. The molecule has 0 saturated heterocycles. The number of hydrogen-bond donors (Lipinski definition) is 0. The molecule has 0 aliphatic rings. The predicted octanol–water partition coefficient (Wildman–Crippen LogP) is 5.79. The van der Waals surface area contributed by atoms with Gasteiger partial charge in [0.25, 0.3) is 0 Å². The van der Waals surface area contributed by atoms with Crippen LogP contribution in [0.4, 0.5) is 0 Å². The smallest absolute Gasteiger partial charge is 0.0712 e. The van der Waals surface area contributed by atoms with Gasteiger partial charge in [0.1, 0.15) is 0 Å². The van der Waals surface area contributed by atoms with Crippen LogP contribution >= 0.6 is 15.9 Å². The van der Waals surface area contributed by atoms with Crippen LogP contribution in [0.15, 0.2) is 65.1 Å². The molecule has 1 heterocycles. The van der Waals surface area contributed by atoms with Crippen LogP contribution in [0.25, 0.3) is 22.5 Å². The van der Waals surface area contributed by atoms with Gasteiger partial charge < -0.3 is 0 Å². The molecule has 0 bridgehead atoms. The highest BCUT2D eigenvalue weighted by atomic mass is 79.9. The predicted molar refractivity (Wildman–Crippen MR) is 92.3 cm³/mol. The van der Waals surface area contributed by atoms with Crippen molar-refractivity contribution >= 4 is 15.9 Å². The summed E-state index contributed by atoms with van der Waals surface area (Å²) >= 11 is 3.51. The number of aryl methyl sites for hydroxylation is 2. The number of nitrogens with zero attached hydrogens (tertiary/aromatic N) is 1. The molecule has 1 nitrogen and oxygen atoms in total. The Balaban J connectivity index is 2.05. The largest absolute Gasteiger partial charge is 0.248 e. The minimum atomic E-state index is 1.01. The summed E-state index contributed by atoms with van der Waals surface area (Å²) in [6.07, 6.45) is 0. The molecule has 3 aromatic rings. The van der Waals surface area contributed by atoms with Crippen molar-refractivity contribution in [2.75, 3.05) is 0 Å². The van der Waals surface area contributed by atoms with Crippen molar-refractivity contribution in [3.8, 4) is 22.5 Å². The summed E-state index contributed by atoms with van der Waals surface area (Å²) in [6.45, 7) is 4.21. The number of halogens is 1. The minimum absolute atomic E-state index is 1.01. The molecule has 0 N–H and O–H groups in total. The molecule has 0 amide bonds. The Kier molecular flexibility index (Phi) is 3.89. The molecular weight excluding hydrogens is 322 g/mol. The Morgan fingerprint density at radius 1 is 0.810 bits per heavy atom. The van der Waals surface area contributed by atoms with E-state index in [0.717, 1.165) is 21.4 Å². The molecule has 0 spiro atoms. The fourth-order valence-electron chi connectivity index (χ4n) is 2.38. The van der Waals surface area contributed by atoms with Crippen molar-refractivity contribution in [2.45, 2.75) is 13.8 Å². The molecule has 0 unspecified atom stereocenters. The van der Waals surface area contributed by atoms with E-state index in [1.807, 2.05) is 0 Å². The molecule has 104 valence electrons. The first-order chi connectivity index (χ1) is 10.1. The lowest BCUT2D eigenvalue weighted by Crippen LogP contribution is -1.90. The Morgan fingerprint density at radius 2 is 1.52 bits per heavy atom. The maximum absolute atomic E-state index is 4.82. The van der Waals surface area contributed by atoms with Crippen LogP contribution in [0.3, 0.4) is 0 Å². The highest BCUT2D eigenvalue weighted by Gasteiger charge is 2.06. The average molecular weight is 338 g/mol. The molecule has 2 aromatic carbocycles. The Labute approximate surface area is 133 Å². The van der Waals surface area contributed by atoms with Gasteiger partial charge in [-0.25, -0.2) is 4.98 Å². The number of hydrogen-bond acceptors (Lipinski definition) is 1. The van der Waals surface area contributed by atoms with Gasteiger partial charge in [0.15, 0.2) is 0 Å². The monoisotopic (exact) mass is 337 g/mol. The lowest BCUT2D eigenvalue weighted by atomic mass is 10.0. The van der Waals surface area contributed by atoms with E-state index in [9.17, 15) is 0 Å². The zero-order valence-corrected chi connectivity index (χ0v) is 13.7. The van der Waals surface area contributed by atoms with E-state index in [-0.39, 0.29) is 0 Å². The minimum Gasteiger partial charge on any atom is -0.248 e. The Bertz CT molecular complexity index is 776. The van der Waals surface area contributed by atoms with Crippen LogP contribution in [-0.2, 0) is 0 Å². The quantitative estimate of drug-likeness (QED) is 0.576. The second-order valence-electron chi connectivity index (χ2n) is 5.23. The molecule has 0 aliphatic carbocycles. The molecule has 0 atom stereocenters. The zero-order chi connectivity index (χ0) is 14.8. The second kappa shape index (κ2) is 5.82.